The summed E-state index contributed by atoms with van der Waals surface area (Å²) in [5.74, 6) is 0.309. The molecule has 1 amide bonds. The lowest BCUT2D eigenvalue weighted by atomic mass is 9.87. The van der Waals surface area contributed by atoms with Gasteiger partial charge in [-0.25, -0.2) is 4.99 Å². The lowest BCUT2D eigenvalue weighted by Crippen LogP contribution is -2.47. The molecule has 0 saturated carbocycles. The molecule has 0 spiro atoms. The van der Waals surface area contributed by atoms with Gasteiger partial charge in [-0.05, 0) is 31.0 Å². The van der Waals surface area contributed by atoms with E-state index in [1.165, 1.54) is 4.90 Å². The molecule has 0 radical (unpaired) electrons. The Bertz CT molecular complexity index is 707. The Morgan fingerprint density at radius 2 is 2.26 bits per heavy atom. The average Bonchev–Trinajstić information content (AvgIpc) is 3.02. The highest BCUT2D eigenvalue weighted by atomic mass is 16.2. The third-order valence-corrected chi connectivity index (χ3v) is 4.78. The van der Waals surface area contributed by atoms with Crippen molar-refractivity contribution in [3.8, 4) is 6.07 Å². The van der Waals surface area contributed by atoms with Crippen LogP contribution in [0.3, 0.4) is 0 Å². The van der Waals surface area contributed by atoms with Crippen molar-refractivity contribution in [2.24, 2.45) is 16.6 Å². The van der Waals surface area contributed by atoms with Gasteiger partial charge in [0.2, 0.25) is 5.91 Å². The zero-order chi connectivity index (χ0) is 16.6. The van der Waals surface area contributed by atoms with Crippen molar-refractivity contribution in [2.45, 2.75) is 25.3 Å². The minimum absolute atomic E-state index is 0.0314. The van der Waals surface area contributed by atoms with Crippen LogP contribution in [-0.4, -0.2) is 36.9 Å². The molecule has 1 aromatic carbocycles. The summed E-state index contributed by atoms with van der Waals surface area (Å²) < 4.78 is 0. The summed E-state index contributed by atoms with van der Waals surface area (Å²) in [4.78, 5) is 20.3. The highest BCUT2D eigenvalue weighted by Gasteiger charge is 2.36. The second-order valence-electron chi connectivity index (χ2n) is 6.48. The maximum absolute atomic E-state index is 12.1. The first-order valence-electron chi connectivity index (χ1n) is 7.80. The van der Waals surface area contributed by atoms with Crippen molar-refractivity contribution in [2.75, 3.05) is 25.0 Å². The molecule has 0 aliphatic carbocycles. The molecular formula is C17H21N5O. The largest absolute Gasteiger partial charge is 0.370 e. The minimum Gasteiger partial charge on any atom is -0.370 e. The van der Waals surface area contributed by atoms with E-state index >= 15 is 0 Å². The lowest BCUT2D eigenvalue weighted by Gasteiger charge is -2.34. The lowest BCUT2D eigenvalue weighted by molar-refractivity contribution is -0.128. The van der Waals surface area contributed by atoms with E-state index in [1.807, 2.05) is 25.1 Å². The Labute approximate surface area is 136 Å². The van der Waals surface area contributed by atoms with Gasteiger partial charge in [0.25, 0.3) is 0 Å². The summed E-state index contributed by atoms with van der Waals surface area (Å²) in [5, 5.41) is 9.06. The number of nitriles is 1. The summed E-state index contributed by atoms with van der Waals surface area (Å²) in [7, 11) is 1.64. The number of anilines is 1. The molecule has 2 atom stereocenters. The molecule has 0 aromatic heterocycles. The third kappa shape index (κ3) is 2.74. The quantitative estimate of drug-likeness (QED) is 0.895. The van der Waals surface area contributed by atoms with Crippen molar-refractivity contribution in [1.82, 2.24) is 4.90 Å². The first-order valence-corrected chi connectivity index (χ1v) is 7.80. The molecule has 2 aliphatic rings. The van der Waals surface area contributed by atoms with Gasteiger partial charge in [0.15, 0.2) is 5.96 Å². The Morgan fingerprint density at radius 3 is 2.91 bits per heavy atom. The molecule has 1 unspecified atom stereocenters. The van der Waals surface area contributed by atoms with Crippen molar-refractivity contribution in [3.63, 3.8) is 0 Å². The number of guanidine groups is 1. The number of rotatable bonds is 2. The van der Waals surface area contributed by atoms with Gasteiger partial charge in [0.1, 0.15) is 0 Å². The molecule has 6 nitrogen and oxygen atoms in total. The summed E-state index contributed by atoms with van der Waals surface area (Å²) in [5.41, 5.74) is 7.29. The van der Waals surface area contributed by atoms with Gasteiger partial charge in [-0.15, -0.1) is 0 Å². The Hall–Kier alpha value is -2.55. The zero-order valence-corrected chi connectivity index (χ0v) is 13.5. The number of amides is 1. The van der Waals surface area contributed by atoms with E-state index in [0.717, 1.165) is 30.8 Å². The number of carbonyl (C=O) groups is 1. The van der Waals surface area contributed by atoms with Gasteiger partial charge in [0, 0.05) is 25.8 Å². The van der Waals surface area contributed by atoms with Crippen molar-refractivity contribution in [3.05, 3.63) is 29.8 Å². The number of nitrogens with two attached hydrogens (primary N) is 1. The van der Waals surface area contributed by atoms with Gasteiger partial charge < -0.3 is 10.6 Å². The van der Waals surface area contributed by atoms with E-state index in [4.69, 9.17) is 11.0 Å². The molecule has 2 N–H and O–H groups in total. The first kappa shape index (κ1) is 15.3. The fourth-order valence-corrected chi connectivity index (χ4v) is 3.21. The Balaban J connectivity index is 1.91. The van der Waals surface area contributed by atoms with Crippen LogP contribution in [0, 0.1) is 17.2 Å². The fourth-order valence-electron chi connectivity index (χ4n) is 3.21. The summed E-state index contributed by atoms with van der Waals surface area (Å²) in [6.45, 7) is 3.57. The topological polar surface area (TPSA) is 85.7 Å². The van der Waals surface area contributed by atoms with Crippen LogP contribution in [0.15, 0.2) is 29.3 Å². The second kappa shape index (κ2) is 5.58. The highest BCUT2D eigenvalue weighted by molar-refractivity contribution is 5.98. The number of carbonyl (C=O) groups excluding carboxylic acids is 1. The highest BCUT2D eigenvalue weighted by Crippen LogP contribution is 2.35. The molecule has 23 heavy (non-hydrogen) atoms. The monoisotopic (exact) mass is 311 g/mol. The summed E-state index contributed by atoms with van der Waals surface area (Å²) in [6, 6.07) is 10.4. The van der Waals surface area contributed by atoms with Crippen LogP contribution >= 0.6 is 0 Å². The van der Waals surface area contributed by atoms with Crippen LogP contribution in [-0.2, 0) is 10.3 Å². The van der Waals surface area contributed by atoms with Crippen molar-refractivity contribution in [1.29, 1.82) is 5.26 Å². The summed E-state index contributed by atoms with van der Waals surface area (Å²) in [6.07, 6.45) is 1.20. The minimum atomic E-state index is -0.641. The van der Waals surface area contributed by atoms with Crippen LogP contribution in [0.5, 0.6) is 0 Å². The number of hydrogen-bond acceptors (Lipinski definition) is 5. The Kier molecular flexibility index (Phi) is 3.72. The van der Waals surface area contributed by atoms with Gasteiger partial charge in [-0.2, -0.15) is 5.26 Å². The third-order valence-electron chi connectivity index (χ3n) is 4.78. The van der Waals surface area contributed by atoms with Crippen LogP contribution in [0.2, 0.25) is 0 Å². The van der Waals surface area contributed by atoms with Gasteiger partial charge >= 0.3 is 0 Å². The van der Waals surface area contributed by atoms with Gasteiger partial charge in [-0.3, -0.25) is 9.69 Å². The van der Waals surface area contributed by atoms with Crippen LogP contribution < -0.4 is 10.6 Å². The normalized spacial score (nSPS) is 27.8. The van der Waals surface area contributed by atoms with E-state index in [1.54, 1.807) is 7.05 Å². The molecule has 120 valence electrons. The van der Waals surface area contributed by atoms with Crippen LogP contribution in [0.1, 0.15) is 25.3 Å². The number of aliphatic imine (C=N–C) groups is 1. The molecular weight excluding hydrogens is 290 g/mol. The maximum atomic E-state index is 12.1. The molecule has 1 fully saturated rings. The van der Waals surface area contributed by atoms with E-state index < -0.39 is 5.54 Å². The maximum Gasteiger partial charge on any atom is 0.231 e. The zero-order valence-electron chi connectivity index (χ0n) is 13.5. The van der Waals surface area contributed by atoms with Gasteiger partial charge in [-0.1, -0.05) is 12.1 Å². The van der Waals surface area contributed by atoms with E-state index in [0.29, 0.717) is 6.42 Å². The average molecular weight is 311 g/mol. The Morgan fingerprint density at radius 1 is 1.48 bits per heavy atom. The predicted octanol–water partition coefficient (Wildman–Crippen LogP) is 1.43. The predicted molar refractivity (Wildman–Crippen MR) is 88.7 cm³/mol. The molecule has 3 rings (SSSR count). The number of nitrogens with zero attached hydrogens (tertiary/aromatic N) is 4. The fraction of sp³-hybridized carbons (Fsp3) is 0.471. The second-order valence-corrected chi connectivity index (χ2v) is 6.48. The molecule has 1 aromatic rings. The van der Waals surface area contributed by atoms with Crippen molar-refractivity contribution >= 4 is 17.6 Å². The van der Waals surface area contributed by atoms with Crippen LogP contribution in [0.4, 0.5) is 5.69 Å². The van der Waals surface area contributed by atoms with E-state index in [9.17, 15) is 4.79 Å². The smallest absolute Gasteiger partial charge is 0.231 e. The number of hydrogen-bond donors (Lipinski definition) is 1. The molecule has 2 heterocycles. The van der Waals surface area contributed by atoms with Crippen molar-refractivity contribution < 1.29 is 4.79 Å². The standard InChI is InChI=1S/C17H21N5O/c1-17(9-15(23)21(2)16(19)20-17)13-4-3-5-14(8-13)22-7-6-12(10-18)11-22/h3-5,8,12H,6-7,9,11H2,1-2H3,(H2,19,20)/t12?,17-/m1/s1. The SMILES string of the molecule is CN1C(=O)C[C@](C)(c2cccc(N3CCC(C#N)C3)c2)N=C1N. The molecule has 2 aliphatic heterocycles. The molecule has 0 bridgehead atoms. The van der Waals surface area contributed by atoms with Gasteiger partial charge in [0.05, 0.1) is 23.9 Å². The number of benzene rings is 1. The summed E-state index contributed by atoms with van der Waals surface area (Å²) >= 11 is 0. The van der Waals surface area contributed by atoms with E-state index in [-0.39, 0.29) is 17.8 Å². The van der Waals surface area contributed by atoms with E-state index in [2.05, 4.69) is 22.0 Å². The molecule has 6 heteroatoms. The molecule has 1 saturated heterocycles. The first-order chi connectivity index (χ1) is 10.9. The van der Waals surface area contributed by atoms with Crippen LogP contribution in [0.25, 0.3) is 0 Å².